The summed E-state index contributed by atoms with van der Waals surface area (Å²) in [5.74, 6) is 0.183. The minimum absolute atomic E-state index is 0.275. The normalized spacial score (nSPS) is 13.4. The highest BCUT2D eigenvalue weighted by Gasteiger charge is 2.06. The molecule has 2 nitrogen and oxygen atoms in total. The minimum atomic E-state index is -0.275. The van der Waals surface area contributed by atoms with E-state index in [0.717, 1.165) is 0 Å². The topological polar surface area (TPSA) is 26.3 Å². The van der Waals surface area contributed by atoms with Gasteiger partial charge in [0.25, 0.3) is 0 Å². The van der Waals surface area contributed by atoms with E-state index in [9.17, 15) is 4.79 Å². The third-order valence-electron chi connectivity index (χ3n) is 2.03. The Morgan fingerprint density at radius 1 is 1.38 bits per heavy atom. The number of rotatable bonds is 3. The van der Waals surface area contributed by atoms with Crippen LogP contribution in [0.3, 0.4) is 0 Å². The van der Waals surface area contributed by atoms with Crippen LogP contribution in [-0.4, -0.2) is 13.1 Å². The summed E-state index contributed by atoms with van der Waals surface area (Å²) in [4.78, 5) is 11.2. The Hall–Kier alpha value is -1.05. The molecule has 0 aromatic rings. The lowest BCUT2D eigenvalue weighted by Gasteiger charge is -2.06. The van der Waals surface area contributed by atoms with Gasteiger partial charge in [-0.1, -0.05) is 25.5 Å². The van der Waals surface area contributed by atoms with Gasteiger partial charge in [0.05, 0.1) is 12.7 Å². The van der Waals surface area contributed by atoms with Crippen molar-refractivity contribution in [1.82, 2.24) is 0 Å². The number of allylic oxidation sites excluding steroid dienone is 2. The van der Waals surface area contributed by atoms with Crippen molar-refractivity contribution in [3.05, 3.63) is 23.3 Å². The molecule has 0 aliphatic heterocycles. The lowest BCUT2D eigenvalue weighted by atomic mass is 10.0. The molecule has 0 unspecified atom stereocenters. The van der Waals surface area contributed by atoms with Gasteiger partial charge < -0.3 is 4.74 Å². The van der Waals surface area contributed by atoms with E-state index in [0.29, 0.717) is 11.5 Å². The fraction of sp³-hybridized carbons (Fsp3) is 0.545. The minimum Gasteiger partial charge on any atom is -0.465 e. The zero-order valence-corrected chi connectivity index (χ0v) is 9.05. The molecular formula is C11H18O2. The van der Waals surface area contributed by atoms with Gasteiger partial charge in [-0.15, -0.1) is 0 Å². The molecule has 0 saturated carbocycles. The van der Waals surface area contributed by atoms with Crippen molar-refractivity contribution in [1.29, 1.82) is 0 Å². The molecule has 0 amide bonds. The largest absolute Gasteiger partial charge is 0.465 e. The van der Waals surface area contributed by atoms with Crippen LogP contribution in [0.2, 0.25) is 0 Å². The molecule has 0 spiro atoms. The molecule has 0 N–H and O–H groups in total. The van der Waals surface area contributed by atoms with Crippen molar-refractivity contribution in [2.75, 3.05) is 7.11 Å². The summed E-state index contributed by atoms with van der Waals surface area (Å²) in [7, 11) is 1.39. The van der Waals surface area contributed by atoms with E-state index in [1.807, 2.05) is 19.9 Å². The predicted molar refractivity (Wildman–Crippen MR) is 54.4 cm³/mol. The van der Waals surface area contributed by atoms with E-state index in [2.05, 4.69) is 18.6 Å². The van der Waals surface area contributed by atoms with Gasteiger partial charge in [0.1, 0.15) is 0 Å². The first-order valence-electron chi connectivity index (χ1n) is 4.45. The second kappa shape index (κ2) is 5.57. The van der Waals surface area contributed by atoms with Crippen molar-refractivity contribution in [2.24, 2.45) is 5.92 Å². The first-order chi connectivity index (χ1) is 6.02. The Bertz CT molecular complexity index is 234. The first kappa shape index (κ1) is 11.9. The summed E-state index contributed by atoms with van der Waals surface area (Å²) >= 11 is 0. The molecule has 0 fully saturated rings. The van der Waals surface area contributed by atoms with Crippen LogP contribution in [0.4, 0.5) is 0 Å². The number of carbonyl (C=O) groups is 1. The Balaban J connectivity index is 4.65. The van der Waals surface area contributed by atoms with Gasteiger partial charge in [-0.3, -0.25) is 0 Å². The van der Waals surface area contributed by atoms with Crippen LogP contribution in [0.25, 0.3) is 0 Å². The molecule has 0 rings (SSSR count). The molecule has 0 atom stereocenters. The maximum atomic E-state index is 11.2. The van der Waals surface area contributed by atoms with E-state index in [1.54, 1.807) is 6.08 Å². The van der Waals surface area contributed by atoms with Crippen molar-refractivity contribution >= 4 is 5.97 Å². The fourth-order valence-electron chi connectivity index (χ4n) is 0.790. The van der Waals surface area contributed by atoms with Gasteiger partial charge in [0.2, 0.25) is 0 Å². The molecule has 0 heterocycles. The third kappa shape index (κ3) is 3.92. The summed E-state index contributed by atoms with van der Waals surface area (Å²) in [5.41, 5.74) is 1.80. The summed E-state index contributed by atoms with van der Waals surface area (Å²) in [6.45, 7) is 8.03. The van der Waals surface area contributed by atoms with E-state index >= 15 is 0 Å². The molecule has 0 aliphatic carbocycles. The zero-order chi connectivity index (χ0) is 10.4. The molecule has 13 heavy (non-hydrogen) atoms. The Labute approximate surface area is 80.3 Å². The highest BCUT2D eigenvalue weighted by atomic mass is 16.5. The van der Waals surface area contributed by atoms with Crippen LogP contribution in [0.5, 0.6) is 0 Å². The van der Waals surface area contributed by atoms with Crippen molar-refractivity contribution in [3.63, 3.8) is 0 Å². The Morgan fingerprint density at radius 3 is 2.23 bits per heavy atom. The van der Waals surface area contributed by atoms with Crippen molar-refractivity contribution < 1.29 is 9.53 Å². The lowest BCUT2D eigenvalue weighted by Crippen LogP contribution is -2.03. The predicted octanol–water partition coefficient (Wildman–Crippen LogP) is 2.71. The fourth-order valence-corrected chi connectivity index (χ4v) is 0.790. The molecule has 0 radical (unpaired) electrons. The third-order valence-corrected chi connectivity index (χ3v) is 2.03. The number of ether oxygens (including phenoxy) is 1. The maximum Gasteiger partial charge on any atom is 0.337 e. The van der Waals surface area contributed by atoms with E-state index in [-0.39, 0.29) is 5.97 Å². The lowest BCUT2D eigenvalue weighted by molar-refractivity contribution is -0.135. The van der Waals surface area contributed by atoms with Crippen molar-refractivity contribution in [3.8, 4) is 0 Å². The molecule has 2 heteroatoms. The zero-order valence-electron chi connectivity index (χ0n) is 9.05. The molecule has 0 aromatic carbocycles. The van der Waals surface area contributed by atoms with Crippen LogP contribution in [0.1, 0.15) is 27.7 Å². The van der Waals surface area contributed by atoms with Gasteiger partial charge in [0.15, 0.2) is 0 Å². The molecular weight excluding hydrogens is 164 g/mol. The molecule has 74 valence electrons. The summed E-state index contributed by atoms with van der Waals surface area (Å²) < 4.78 is 4.63. The van der Waals surface area contributed by atoms with Crippen LogP contribution in [0, 0.1) is 5.92 Å². The number of hydrogen-bond acceptors (Lipinski definition) is 2. The van der Waals surface area contributed by atoms with Crippen LogP contribution >= 0.6 is 0 Å². The standard InChI is InChI=1S/C11H18O2/c1-6-10(11(12)13-5)7-9(4)8(2)3/h6-8H,1-5H3. The van der Waals surface area contributed by atoms with E-state index in [1.165, 1.54) is 12.7 Å². The number of hydrogen-bond donors (Lipinski definition) is 0. The quantitative estimate of drug-likeness (QED) is 0.381. The van der Waals surface area contributed by atoms with Crippen LogP contribution in [0.15, 0.2) is 23.3 Å². The van der Waals surface area contributed by atoms with Gasteiger partial charge in [-0.05, 0) is 25.8 Å². The average molecular weight is 182 g/mol. The number of carbonyl (C=O) groups excluding carboxylic acids is 1. The van der Waals surface area contributed by atoms with E-state index in [4.69, 9.17) is 0 Å². The molecule has 0 bridgehead atoms. The number of methoxy groups -OCH3 is 1. The smallest absolute Gasteiger partial charge is 0.337 e. The summed E-state index contributed by atoms with van der Waals surface area (Å²) in [6, 6.07) is 0. The highest BCUT2D eigenvalue weighted by Crippen LogP contribution is 2.12. The maximum absolute atomic E-state index is 11.2. The van der Waals surface area contributed by atoms with Crippen LogP contribution < -0.4 is 0 Å². The highest BCUT2D eigenvalue weighted by molar-refractivity contribution is 5.91. The summed E-state index contributed by atoms with van der Waals surface area (Å²) in [5, 5.41) is 0. The van der Waals surface area contributed by atoms with Crippen molar-refractivity contribution in [2.45, 2.75) is 27.7 Å². The number of esters is 1. The van der Waals surface area contributed by atoms with Gasteiger partial charge in [-0.25, -0.2) is 4.79 Å². The second-order valence-electron chi connectivity index (χ2n) is 3.28. The molecule has 0 aromatic heterocycles. The monoisotopic (exact) mass is 182 g/mol. The van der Waals surface area contributed by atoms with Gasteiger partial charge in [0, 0.05) is 0 Å². The SMILES string of the molecule is CC=C(C=C(C)C(C)C)C(=O)OC. The second-order valence-corrected chi connectivity index (χ2v) is 3.28. The molecule has 0 aliphatic rings. The van der Waals surface area contributed by atoms with Crippen LogP contribution in [-0.2, 0) is 9.53 Å². The molecule has 0 saturated heterocycles. The van der Waals surface area contributed by atoms with Gasteiger partial charge >= 0.3 is 5.97 Å². The van der Waals surface area contributed by atoms with Gasteiger partial charge in [-0.2, -0.15) is 0 Å². The first-order valence-corrected chi connectivity index (χ1v) is 4.45. The Morgan fingerprint density at radius 2 is 1.92 bits per heavy atom. The Kier molecular flexibility index (Phi) is 5.12. The average Bonchev–Trinajstić information content (AvgIpc) is 2.12. The van der Waals surface area contributed by atoms with E-state index < -0.39 is 0 Å². The summed E-state index contributed by atoms with van der Waals surface area (Å²) in [6.07, 6.45) is 3.63.